The maximum atomic E-state index is 12.7. The summed E-state index contributed by atoms with van der Waals surface area (Å²) in [5, 5.41) is 3.23. The van der Waals surface area contributed by atoms with Crippen LogP contribution in [-0.2, 0) is 17.8 Å². The van der Waals surface area contributed by atoms with E-state index in [1.54, 1.807) is 35.2 Å². The topological polar surface area (TPSA) is 79.6 Å². The smallest absolute Gasteiger partial charge is 0.291 e. The van der Waals surface area contributed by atoms with Crippen molar-refractivity contribution < 1.29 is 14.0 Å². The normalized spacial score (nSPS) is 13.1. The molecule has 1 aromatic heterocycles. The third-order valence-corrected chi connectivity index (χ3v) is 5.58. The fourth-order valence-corrected chi connectivity index (χ4v) is 3.99. The number of rotatable bonds is 4. The highest BCUT2D eigenvalue weighted by Crippen LogP contribution is 2.31. The summed E-state index contributed by atoms with van der Waals surface area (Å²) in [5.74, 6) is -0.468. The number of fused-ring (bicyclic) bond motifs is 2. The number of amides is 2. The summed E-state index contributed by atoms with van der Waals surface area (Å²) >= 11 is 0. The lowest BCUT2D eigenvalue weighted by molar-refractivity contribution is -0.119. The molecule has 6 heteroatoms. The van der Waals surface area contributed by atoms with Crippen LogP contribution >= 0.6 is 0 Å². The van der Waals surface area contributed by atoms with Gasteiger partial charge in [-0.25, -0.2) is 0 Å². The number of carbonyl (C=O) groups excluding carboxylic acids is 2. The van der Waals surface area contributed by atoms with Crippen LogP contribution in [0.3, 0.4) is 0 Å². The summed E-state index contributed by atoms with van der Waals surface area (Å²) < 4.78 is 5.62. The second kappa shape index (κ2) is 8.15. The van der Waals surface area contributed by atoms with Crippen molar-refractivity contribution in [2.45, 2.75) is 19.4 Å². The van der Waals surface area contributed by atoms with E-state index in [9.17, 15) is 14.4 Å². The monoisotopic (exact) mass is 424 g/mol. The number of aryl methyl sites for hydroxylation is 1. The number of hydrogen-bond donors (Lipinski definition) is 1. The Bertz CT molecular complexity index is 1390. The minimum Gasteiger partial charge on any atom is -0.451 e. The zero-order chi connectivity index (χ0) is 22.1. The second-order valence-electron chi connectivity index (χ2n) is 7.73. The Kier molecular flexibility index (Phi) is 5.03. The fourth-order valence-electron chi connectivity index (χ4n) is 3.99. The Hall–Kier alpha value is -4.19. The van der Waals surface area contributed by atoms with Crippen molar-refractivity contribution in [2.24, 2.45) is 0 Å². The molecule has 0 aliphatic carbocycles. The molecule has 0 unspecified atom stereocenters. The standard InChI is InChI=1S/C26H20N2O4/c29-22-15-24(32-23-9-5-4-8-20(22)23)26(31)27-19-11-12-21-18(14-19)10-13-25(30)28(21)16-17-6-2-1-3-7-17/h1-9,11-12,14-15H,10,13,16H2,(H,27,31). The maximum Gasteiger partial charge on any atom is 0.291 e. The molecule has 1 aliphatic heterocycles. The van der Waals surface area contributed by atoms with Crippen LogP contribution in [0.5, 0.6) is 0 Å². The van der Waals surface area contributed by atoms with Gasteiger partial charge in [-0.1, -0.05) is 42.5 Å². The lowest BCUT2D eigenvalue weighted by Gasteiger charge is -2.30. The van der Waals surface area contributed by atoms with Gasteiger partial charge in [0.05, 0.1) is 11.9 Å². The largest absolute Gasteiger partial charge is 0.451 e. The summed E-state index contributed by atoms with van der Waals surface area (Å²) in [6.45, 7) is 0.501. The summed E-state index contributed by atoms with van der Waals surface area (Å²) in [7, 11) is 0. The van der Waals surface area contributed by atoms with Crippen LogP contribution in [0.25, 0.3) is 11.0 Å². The molecule has 6 nitrogen and oxygen atoms in total. The van der Waals surface area contributed by atoms with E-state index >= 15 is 0 Å². The van der Waals surface area contributed by atoms with Gasteiger partial charge in [-0.05, 0) is 47.9 Å². The van der Waals surface area contributed by atoms with Crippen LogP contribution < -0.4 is 15.6 Å². The zero-order valence-electron chi connectivity index (χ0n) is 17.2. The number of benzene rings is 3. The van der Waals surface area contributed by atoms with Crippen molar-refractivity contribution in [2.75, 3.05) is 10.2 Å². The molecule has 0 atom stereocenters. The SMILES string of the molecule is O=C(Nc1ccc2c(c1)CCC(=O)N2Cc1ccccc1)c1cc(=O)c2ccccc2o1. The van der Waals surface area contributed by atoms with Crippen LogP contribution in [-0.4, -0.2) is 11.8 Å². The highest BCUT2D eigenvalue weighted by molar-refractivity contribution is 6.03. The van der Waals surface area contributed by atoms with E-state index in [0.29, 0.717) is 36.0 Å². The van der Waals surface area contributed by atoms with Gasteiger partial charge < -0.3 is 14.6 Å². The molecular weight excluding hydrogens is 404 g/mol. The average molecular weight is 424 g/mol. The van der Waals surface area contributed by atoms with Crippen LogP contribution in [0.1, 0.15) is 28.1 Å². The van der Waals surface area contributed by atoms with Gasteiger partial charge in [-0.2, -0.15) is 0 Å². The fraction of sp³-hybridized carbons (Fsp3) is 0.115. The molecular formula is C26H20N2O4. The first-order valence-electron chi connectivity index (χ1n) is 10.4. The van der Waals surface area contributed by atoms with Gasteiger partial charge in [0.1, 0.15) is 5.58 Å². The van der Waals surface area contributed by atoms with E-state index in [-0.39, 0.29) is 17.1 Å². The quantitative estimate of drug-likeness (QED) is 0.522. The molecule has 0 fully saturated rings. The van der Waals surface area contributed by atoms with Crippen molar-refractivity contribution >= 4 is 34.2 Å². The maximum absolute atomic E-state index is 12.7. The van der Waals surface area contributed by atoms with Gasteiger partial charge in [-0.15, -0.1) is 0 Å². The van der Waals surface area contributed by atoms with E-state index in [1.807, 2.05) is 42.5 Å². The number of hydrogen-bond acceptors (Lipinski definition) is 4. The molecule has 1 aliphatic rings. The molecule has 0 saturated heterocycles. The van der Waals surface area contributed by atoms with Crippen LogP contribution in [0.4, 0.5) is 11.4 Å². The third-order valence-electron chi connectivity index (χ3n) is 5.58. The van der Waals surface area contributed by atoms with E-state index < -0.39 is 5.91 Å². The van der Waals surface area contributed by atoms with Crippen LogP contribution in [0, 0.1) is 0 Å². The Labute approximate surface area is 184 Å². The van der Waals surface area contributed by atoms with Crippen LogP contribution in [0.15, 0.2) is 88.1 Å². The molecule has 0 saturated carbocycles. The Balaban J connectivity index is 1.40. The highest BCUT2D eigenvalue weighted by atomic mass is 16.3. The number of para-hydroxylation sites is 1. The van der Waals surface area contributed by atoms with E-state index in [2.05, 4.69) is 5.32 Å². The number of anilines is 2. The molecule has 4 aromatic rings. The molecule has 5 rings (SSSR count). The molecule has 2 heterocycles. The molecule has 32 heavy (non-hydrogen) atoms. The van der Waals surface area contributed by atoms with E-state index in [4.69, 9.17) is 4.42 Å². The number of nitrogens with zero attached hydrogens (tertiary/aromatic N) is 1. The summed E-state index contributed by atoms with van der Waals surface area (Å²) in [5.41, 5.74) is 3.57. The summed E-state index contributed by atoms with van der Waals surface area (Å²) in [4.78, 5) is 39.4. The Morgan fingerprint density at radius 1 is 0.906 bits per heavy atom. The van der Waals surface area contributed by atoms with Crippen molar-refractivity contribution in [3.8, 4) is 0 Å². The Morgan fingerprint density at radius 3 is 2.53 bits per heavy atom. The van der Waals surface area contributed by atoms with Gasteiger partial charge in [0, 0.05) is 23.9 Å². The predicted molar refractivity (Wildman–Crippen MR) is 123 cm³/mol. The van der Waals surface area contributed by atoms with Gasteiger partial charge in [0.2, 0.25) is 5.91 Å². The average Bonchev–Trinajstić information content (AvgIpc) is 2.81. The molecule has 0 radical (unpaired) electrons. The minimum absolute atomic E-state index is 0.0488. The van der Waals surface area contributed by atoms with Gasteiger partial charge in [0.15, 0.2) is 11.2 Å². The molecule has 2 amide bonds. The Morgan fingerprint density at radius 2 is 1.69 bits per heavy atom. The lowest BCUT2D eigenvalue weighted by atomic mass is 9.99. The van der Waals surface area contributed by atoms with Crippen LogP contribution in [0.2, 0.25) is 0 Å². The van der Waals surface area contributed by atoms with Crippen molar-refractivity contribution in [1.29, 1.82) is 0 Å². The predicted octanol–water partition coefficient (Wildman–Crippen LogP) is 4.52. The van der Waals surface area contributed by atoms with E-state index in [0.717, 1.165) is 16.8 Å². The van der Waals surface area contributed by atoms with Gasteiger partial charge in [0.25, 0.3) is 5.91 Å². The second-order valence-corrected chi connectivity index (χ2v) is 7.73. The number of nitrogens with one attached hydrogen (secondary N) is 1. The van der Waals surface area contributed by atoms with Gasteiger partial charge in [-0.3, -0.25) is 14.4 Å². The molecule has 158 valence electrons. The first-order chi connectivity index (χ1) is 15.6. The first-order valence-corrected chi connectivity index (χ1v) is 10.4. The third kappa shape index (κ3) is 3.78. The van der Waals surface area contributed by atoms with Crippen molar-refractivity contribution in [3.63, 3.8) is 0 Å². The first kappa shape index (κ1) is 19.8. The summed E-state index contributed by atoms with van der Waals surface area (Å²) in [6, 6.07) is 23.3. The molecule has 1 N–H and O–H groups in total. The lowest BCUT2D eigenvalue weighted by Crippen LogP contribution is -2.34. The molecule has 0 bridgehead atoms. The van der Waals surface area contributed by atoms with E-state index in [1.165, 1.54) is 6.07 Å². The highest BCUT2D eigenvalue weighted by Gasteiger charge is 2.25. The van der Waals surface area contributed by atoms with Crippen molar-refractivity contribution in [1.82, 2.24) is 0 Å². The molecule has 0 spiro atoms. The summed E-state index contributed by atoms with van der Waals surface area (Å²) in [6.07, 6.45) is 1.02. The van der Waals surface area contributed by atoms with Gasteiger partial charge >= 0.3 is 0 Å². The molecule has 3 aromatic carbocycles. The minimum atomic E-state index is -0.499. The zero-order valence-corrected chi connectivity index (χ0v) is 17.2. The number of carbonyl (C=O) groups is 2. The van der Waals surface area contributed by atoms with Crippen molar-refractivity contribution in [3.05, 3.63) is 106 Å².